The Labute approximate surface area is 172 Å². The van der Waals surface area contributed by atoms with Crippen LogP contribution in [0.3, 0.4) is 0 Å². The van der Waals surface area contributed by atoms with Crippen LogP contribution >= 0.6 is 0 Å². The number of benzene rings is 3. The number of para-hydroxylation sites is 1. The summed E-state index contributed by atoms with van der Waals surface area (Å²) in [5.74, 6) is 1.73. The summed E-state index contributed by atoms with van der Waals surface area (Å²) in [6.07, 6.45) is -0.720. The summed E-state index contributed by atoms with van der Waals surface area (Å²) in [6, 6.07) is 22.9. The Morgan fingerprint density at radius 1 is 0.793 bits per heavy atom. The van der Waals surface area contributed by atoms with Crippen molar-refractivity contribution in [3.8, 4) is 17.2 Å². The third-order valence-electron chi connectivity index (χ3n) is 5.13. The van der Waals surface area contributed by atoms with Gasteiger partial charge in [-0.2, -0.15) is 0 Å². The van der Waals surface area contributed by atoms with Gasteiger partial charge < -0.3 is 19.7 Å². The standard InChI is InChI=1S/C25H28O4/c1-18-6-4-5-7-24(18)29-17-22(27)16-28-23-14-10-20(11-15-23)25(2,3)19-8-12-21(26)13-9-19/h4-15,22,26-27H,16-17H2,1-3H3. The van der Waals surface area contributed by atoms with Crippen molar-refractivity contribution in [2.24, 2.45) is 0 Å². The Morgan fingerprint density at radius 2 is 1.34 bits per heavy atom. The summed E-state index contributed by atoms with van der Waals surface area (Å²) in [5, 5.41) is 19.7. The van der Waals surface area contributed by atoms with Crippen molar-refractivity contribution in [3.63, 3.8) is 0 Å². The van der Waals surface area contributed by atoms with Gasteiger partial charge in [0.2, 0.25) is 0 Å². The maximum atomic E-state index is 10.1. The number of phenols is 1. The number of rotatable bonds is 8. The van der Waals surface area contributed by atoms with Gasteiger partial charge in [-0.05, 0) is 53.9 Å². The molecule has 29 heavy (non-hydrogen) atoms. The molecule has 0 aromatic heterocycles. The molecule has 0 aliphatic rings. The van der Waals surface area contributed by atoms with Crippen LogP contribution in [0.2, 0.25) is 0 Å². The van der Waals surface area contributed by atoms with E-state index in [9.17, 15) is 10.2 Å². The molecule has 1 atom stereocenters. The molecule has 0 saturated heterocycles. The summed E-state index contributed by atoms with van der Waals surface area (Å²) >= 11 is 0. The molecule has 2 N–H and O–H groups in total. The minimum atomic E-state index is -0.720. The fourth-order valence-electron chi connectivity index (χ4n) is 3.16. The molecule has 0 heterocycles. The zero-order valence-corrected chi connectivity index (χ0v) is 17.1. The highest BCUT2D eigenvalue weighted by Gasteiger charge is 2.23. The average Bonchev–Trinajstić information content (AvgIpc) is 2.72. The van der Waals surface area contributed by atoms with Crippen molar-refractivity contribution in [3.05, 3.63) is 89.5 Å². The van der Waals surface area contributed by atoms with Crippen LogP contribution in [0, 0.1) is 6.92 Å². The van der Waals surface area contributed by atoms with Gasteiger partial charge >= 0.3 is 0 Å². The molecule has 4 heteroatoms. The molecule has 0 amide bonds. The largest absolute Gasteiger partial charge is 0.508 e. The Balaban J connectivity index is 1.55. The van der Waals surface area contributed by atoms with E-state index in [2.05, 4.69) is 13.8 Å². The quantitative estimate of drug-likeness (QED) is 0.576. The van der Waals surface area contributed by atoms with Crippen molar-refractivity contribution in [1.82, 2.24) is 0 Å². The van der Waals surface area contributed by atoms with E-state index in [-0.39, 0.29) is 24.4 Å². The lowest BCUT2D eigenvalue weighted by molar-refractivity contribution is 0.0624. The Hall–Kier alpha value is -2.98. The number of ether oxygens (including phenoxy) is 2. The lowest BCUT2D eigenvalue weighted by Gasteiger charge is -2.26. The maximum absolute atomic E-state index is 10.1. The highest BCUT2D eigenvalue weighted by atomic mass is 16.5. The van der Waals surface area contributed by atoms with Crippen LogP contribution < -0.4 is 9.47 Å². The van der Waals surface area contributed by atoms with Gasteiger partial charge in [-0.1, -0.05) is 56.3 Å². The van der Waals surface area contributed by atoms with E-state index in [0.29, 0.717) is 5.75 Å². The monoisotopic (exact) mass is 392 g/mol. The molecule has 0 radical (unpaired) electrons. The van der Waals surface area contributed by atoms with Gasteiger partial charge in [-0.25, -0.2) is 0 Å². The van der Waals surface area contributed by atoms with E-state index in [4.69, 9.17) is 9.47 Å². The van der Waals surface area contributed by atoms with Crippen molar-refractivity contribution >= 4 is 0 Å². The molecule has 1 unspecified atom stereocenters. The smallest absolute Gasteiger partial charge is 0.122 e. The van der Waals surface area contributed by atoms with E-state index in [0.717, 1.165) is 22.4 Å². The lowest BCUT2D eigenvalue weighted by atomic mass is 9.78. The molecule has 0 bridgehead atoms. The molecule has 0 fully saturated rings. The fourth-order valence-corrected chi connectivity index (χ4v) is 3.16. The lowest BCUT2D eigenvalue weighted by Crippen LogP contribution is -2.25. The van der Waals surface area contributed by atoms with Gasteiger partial charge in [-0.15, -0.1) is 0 Å². The topological polar surface area (TPSA) is 58.9 Å². The predicted octanol–water partition coefficient (Wildman–Crippen LogP) is 4.85. The second kappa shape index (κ2) is 9.01. The molecule has 0 saturated carbocycles. The zero-order chi connectivity index (χ0) is 20.9. The van der Waals surface area contributed by atoms with Crippen molar-refractivity contribution in [1.29, 1.82) is 0 Å². The summed E-state index contributed by atoms with van der Waals surface area (Å²) in [7, 11) is 0. The van der Waals surface area contributed by atoms with Gasteiger partial charge in [0.1, 0.15) is 36.6 Å². The first kappa shape index (κ1) is 20.7. The SMILES string of the molecule is Cc1ccccc1OCC(O)COc1ccc(C(C)(C)c2ccc(O)cc2)cc1. The van der Waals surface area contributed by atoms with E-state index >= 15 is 0 Å². The van der Waals surface area contributed by atoms with E-state index < -0.39 is 6.10 Å². The van der Waals surface area contributed by atoms with Gasteiger partial charge in [-0.3, -0.25) is 0 Å². The Morgan fingerprint density at radius 3 is 1.97 bits per heavy atom. The highest BCUT2D eigenvalue weighted by Crippen LogP contribution is 2.33. The summed E-state index contributed by atoms with van der Waals surface area (Å²) in [6.45, 7) is 6.59. The summed E-state index contributed by atoms with van der Waals surface area (Å²) in [4.78, 5) is 0. The Bertz CT molecular complexity index is 914. The highest BCUT2D eigenvalue weighted by molar-refractivity contribution is 5.41. The molecule has 0 spiro atoms. The summed E-state index contributed by atoms with van der Waals surface area (Å²) < 4.78 is 11.4. The first-order valence-corrected chi connectivity index (χ1v) is 9.75. The molecule has 4 nitrogen and oxygen atoms in total. The van der Waals surface area contributed by atoms with Gasteiger partial charge in [0.15, 0.2) is 0 Å². The minimum absolute atomic E-state index is 0.159. The second-order valence-corrected chi connectivity index (χ2v) is 7.74. The number of aryl methyl sites for hydroxylation is 1. The van der Waals surface area contributed by atoms with Crippen LogP contribution in [0.4, 0.5) is 0 Å². The number of phenolic OH excluding ortho intramolecular Hbond substituents is 1. The minimum Gasteiger partial charge on any atom is -0.508 e. The number of hydrogen-bond donors (Lipinski definition) is 2. The van der Waals surface area contributed by atoms with E-state index in [1.165, 1.54) is 0 Å². The second-order valence-electron chi connectivity index (χ2n) is 7.74. The Kier molecular flexibility index (Phi) is 6.45. The summed E-state index contributed by atoms with van der Waals surface area (Å²) in [5.41, 5.74) is 3.09. The van der Waals surface area contributed by atoms with Crippen LogP contribution in [0.25, 0.3) is 0 Å². The van der Waals surface area contributed by atoms with Crippen molar-refractivity contribution in [2.45, 2.75) is 32.3 Å². The predicted molar refractivity (Wildman–Crippen MR) is 115 cm³/mol. The first-order valence-electron chi connectivity index (χ1n) is 9.75. The van der Waals surface area contributed by atoms with Crippen LogP contribution in [-0.4, -0.2) is 29.5 Å². The van der Waals surface area contributed by atoms with Crippen molar-refractivity contribution < 1.29 is 19.7 Å². The number of aliphatic hydroxyl groups is 1. The molecular formula is C25H28O4. The van der Waals surface area contributed by atoms with Gasteiger partial charge in [0.05, 0.1) is 0 Å². The number of hydrogen-bond acceptors (Lipinski definition) is 4. The van der Waals surface area contributed by atoms with Crippen molar-refractivity contribution in [2.75, 3.05) is 13.2 Å². The molecule has 0 aliphatic carbocycles. The average molecular weight is 392 g/mol. The zero-order valence-electron chi connectivity index (χ0n) is 17.1. The van der Waals surface area contributed by atoms with Crippen LogP contribution in [-0.2, 0) is 5.41 Å². The van der Waals surface area contributed by atoms with Crippen LogP contribution in [0.15, 0.2) is 72.8 Å². The maximum Gasteiger partial charge on any atom is 0.122 e. The van der Waals surface area contributed by atoms with Gasteiger partial charge in [0.25, 0.3) is 0 Å². The van der Waals surface area contributed by atoms with E-state index in [1.807, 2.05) is 67.6 Å². The fraction of sp³-hybridized carbons (Fsp3) is 0.280. The van der Waals surface area contributed by atoms with Crippen LogP contribution in [0.5, 0.6) is 17.2 Å². The van der Waals surface area contributed by atoms with Crippen LogP contribution in [0.1, 0.15) is 30.5 Å². The molecule has 0 aliphatic heterocycles. The molecule has 3 rings (SSSR count). The molecule has 152 valence electrons. The van der Waals surface area contributed by atoms with E-state index in [1.54, 1.807) is 12.1 Å². The van der Waals surface area contributed by atoms with Gasteiger partial charge in [0, 0.05) is 5.41 Å². The third-order valence-corrected chi connectivity index (χ3v) is 5.13. The number of aromatic hydroxyl groups is 1. The third kappa shape index (κ3) is 5.30. The molecule has 3 aromatic rings. The molecular weight excluding hydrogens is 364 g/mol. The molecule has 3 aromatic carbocycles. The number of aliphatic hydroxyl groups excluding tert-OH is 1. The first-order chi connectivity index (χ1) is 13.9. The normalized spacial score (nSPS) is 12.4.